The molecule has 0 aliphatic carbocycles. The van der Waals surface area contributed by atoms with Crippen molar-refractivity contribution in [3.63, 3.8) is 0 Å². The standard InChI is InChI=1S/C23H22F3NO7/c24-23(25,26)33-15-3-1-12(2-4-15)9-27-6-5-13-7-14-11-32-22(16(14)8-17(13)27)21(31)20(30)19(29)18(10-28)34-22/h1-8,18-21,28-31H,9-11H2/t18-,19-,20+,21-,22+/m1/s1. The van der Waals surface area contributed by atoms with Crippen LogP contribution in [0.2, 0.25) is 0 Å². The number of halogens is 3. The molecule has 0 saturated carbocycles. The molecule has 0 amide bonds. The van der Waals surface area contributed by atoms with Gasteiger partial charge >= 0.3 is 6.36 Å². The van der Waals surface area contributed by atoms with E-state index < -0.39 is 43.2 Å². The highest BCUT2D eigenvalue weighted by Gasteiger charge is 2.58. The maximum absolute atomic E-state index is 12.4. The fraction of sp³-hybridized carbons (Fsp3) is 0.391. The Hall–Kier alpha value is -2.67. The van der Waals surface area contributed by atoms with Crippen molar-refractivity contribution in [2.45, 2.75) is 49.7 Å². The van der Waals surface area contributed by atoms with Crippen molar-refractivity contribution in [2.75, 3.05) is 6.61 Å². The van der Waals surface area contributed by atoms with Crippen LogP contribution in [0.3, 0.4) is 0 Å². The average molecular weight is 481 g/mol. The van der Waals surface area contributed by atoms with Crippen molar-refractivity contribution in [3.8, 4) is 5.75 Å². The maximum Gasteiger partial charge on any atom is 0.573 e. The molecule has 4 N–H and O–H groups in total. The van der Waals surface area contributed by atoms with Gasteiger partial charge in [-0.15, -0.1) is 13.2 Å². The summed E-state index contributed by atoms with van der Waals surface area (Å²) in [6, 6.07) is 11.0. The van der Waals surface area contributed by atoms with Crippen LogP contribution in [0.4, 0.5) is 13.2 Å². The van der Waals surface area contributed by atoms with Gasteiger partial charge in [0.2, 0.25) is 5.79 Å². The summed E-state index contributed by atoms with van der Waals surface area (Å²) in [6.45, 7) is -0.153. The Morgan fingerprint density at radius 2 is 1.79 bits per heavy atom. The molecule has 2 aliphatic heterocycles. The minimum absolute atomic E-state index is 0.0924. The molecule has 5 rings (SSSR count). The van der Waals surface area contributed by atoms with Crippen LogP contribution < -0.4 is 4.74 Å². The molecule has 8 nitrogen and oxygen atoms in total. The second-order valence-electron chi connectivity index (χ2n) is 8.42. The van der Waals surface area contributed by atoms with Gasteiger partial charge in [-0.2, -0.15) is 0 Å². The molecule has 1 fully saturated rings. The quantitative estimate of drug-likeness (QED) is 0.449. The number of aromatic nitrogens is 1. The highest BCUT2D eigenvalue weighted by atomic mass is 19.4. The summed E-state index contributed by atoms with van der Waals surface area (Å²) in [7, 11) is 0. The van der Waals surface area contributed by atoms with E-state index in [1.54, 1.807) is 6.07 Å². The Morgan fingerprint density at radius 1 is 1.06 bits per heavy atom. The molecule has 1 saturated heterocycles. The van der Waals surface area contributed by atoms with E-state index >= 15 is 0 Å². The smallest absolute Gasteiger partial charge is 0.406 e. The summed E-state index contributed by atoms with van der Waals surface area (Å²) < 4.78 is 54.5. The van der Waals surface area contributed by atoms with Gasteiger partial charge in [0, 0.05) is 23.8 Å². The van der Waals surface area contributed by atoms with E-state index in [1.807, 2.05) is 22.9 Å². The lowest BCUT2D eigenvalue weighted by Gasteiger charge is -2.46. The fourth-order valence-electron chi connectivity index (χ4n) is 4.61. The largest absolute Gasteiger partial charge is 0.573 e. The average Bonchev–Trinajstić information content (AvgIpc) is 3.35. The van der Waals surface area contributed by atoms with E-state index in [-0.39, 0.29) is 12.4 Å². The third-order valence-electron chi connectivity index (χ3n) is 6.27. The predicted octanol–water partition coefficient (Wildman–Crippen LogP) is 1.74. The predicted molar refractivity (Wildman–Crippen MR) is 111 cm³/mol. The fourth-order valence-corrected chi connectivity index (χ4v) is 4.61. The van der Waals surface area contributed by atoms with E-state index in [4.69, 9.17) is 9.47 Å². The molecule has 34 heavy (non-hydrogen) atoms. The van der Waals surface area contributed by atoms with Crippen molar-refractivity contribution in [2.24, 2.45) is 0 Å². The molecule has 1 spiro atoms. The number of benzene rings is 2. The first-order valence-electron chi connectivity index (χ1n) is 10.5. The zero-order valence-electron chi connectivity index (χ0n) is 17.6. The molecule has 0 unspecified atom stereocenters. The first-order valence-corrected chi connectivity index (χ1v) is 10.5. The molecule has 3 aromatic rings. The molecule has 5 atom stereocenters. The summed E-state index contributed by atoms with van der Waals surface area (Å²) in [4.78, 5) is 0. The summed E-state index contributed by atoms with van der Waals surface area (Å²) in [5, 5.41) is 41.7. The molecule has 11 heteroatoms. The third kappa shape index (κ3) is 3.84. The second kappa shape index (κ2) is 8.22. The Kier molecular flexibility index (Phi) is 5.58. The summed E-state index contributed by atoms with van der Waals surface area (Å²) >= 11 is 0. The molecule has 0 radical (unpaired) electrons. The Morgan fingerprint density at radius 3 is 2.47 bits per heavy atom. The Labute approximate surface area is 191 Å². The van der Waals surface area contributed by atoms with Gasteiger partial charge in [0.15, 0.2) is 0 Å². The second-order valence-corrected chi connectivity index (χ2v) is 8.42. The van der Waals surface area contributed by atoms with E-state index in [9.17, 15) is 33.6 Å². The van der Waals surface area contributed by atoms with Crippen LogP contribution >= 0.6 is 0 Å². The lowest BCUT2D eigenvalue weighted by molar-refractivity contribution is -0.368. The van der Waals surface area contributed by atoms with Crippen LogP contribution in [-0.2, 0) is 28.4 Å². The number of nitrogens with zero attached hydrogens (tertiary/aromatic N) is 1. The van der Waals surface area contributed by atoms with Crippen LogP contribution in [0.15, 0.2) is 48.7 Å². The number of alkyl halides is 3. The van der Waals surface area contributed by atoms with Crippen molar-refractivity contribution in [1.82, 2.24) is 4.57 Å². The van der Waals surface area contributed by atoms with Crippen LogP contribution in [0.1, 0.15) is 16.7 Å². The van der Waals surface area contributed by atoms with Crippen LogP contribution in [-0.4, -0.2) is 62.4 Å². The van der Waals surface area contributed by atoms with E-state index in [0.717, 1.165) is 22.0 Å². The molecular formula is C23H22F3NO7. The molecular weight excluding hydrogens is 459 g/mol. The van der Waals surface area contributed by atoms with Gasteiger partial charge < -0.3 is 39.2 Å². The normalized spacial score (nSPS) is 29.0. The van der Waals surface area contributed by atoms with Gasteiger partial charge in [0.25, 0.3) is 0 Å². The maximum atomic E-state index is 12.4. The molecule has 2 aliphatic rings. The van der Waals surface area contributed by atoms with Gasteiger partial charge in [-0.05, 0) is 46.8 Å². The van der Waals surface area contributed by atoms with Crippen molar-refractivity contribution < 1.29 is 47.8 Å². The monoisotopic (exact) mass is 481 g/mol. The highest BCUT2D eigenvalue weighted by Crippen LogP contribution is 2.47. The minimum atomic E-state index is -4.76. The lowest BCUT2D eigenvalue weighted by Crippen LogP contribution is -2.63. The van der Waals surface area contributed by atoms with E-state index in [2.05, 4.69) is 4.74 Å². The van der Waals surface area contributed by atoms with Crippen molar-refractivity contribution in [3.05, 3.63) is 65.4 Å². The first kappa shape index (κ1) is 23.1. The van der Waals surface area contributed by atoms with Crippen LogP contribution in [0.25, 0.3) is 10.9 Å². The molecule has 2 aromatic carbocycles. The zero-order chi connectivity index (χ0) is 24.3. The summed E-state index contributed by atoms with van der Waals surface area (Å²) in [5.41, 5.74) is 2.64. The summed E-state index contributed by atoms with van der Waals surface area (Å²) in [5.74, 6) is -2.07. The number of aliphatic hydroxyl groups excluding tert-OH is 4. The number of rotatable bonds is 4. The van der Waals surface area contributed by atoms with E-state index in [0.29, 0.717) is 12.1 Å². The molecule has 0 bridgehead atoms. The van der Waals surface area contributed by atoms with Gasteiger partial charge in [-0.25, -0.2) is 0 Å². The number of hydrogen-bond acceptors (Lipinski definition) is 7. The minimum Gasteiger partial charge on any atom is -0.406 e. The van der Waals surface area contributed by atoms with Gasteiger partial charge in [0.05, 0.1) is 13.2 Å². The van der Waals surface area contributed by atoms with Gasteiger partial charge in [-0.3, -0.25) is 0 Å². The van der Waals surface area contributed by atoms with Crippen LogP contribution in [0, 0.1) is 0 Å². The number of hydrogen-bond donors (Lipinski definition) is 4. The van der Waals surface area contributed by atoms with Crippen molar-refractivity contribution in [1.29, 1.82) is 0 Å². The topological polar surface area (TPSA) is 114 Å². The number of aliphatic hydroxyl groups is 4. The first-order chi connectivity index (χ1) is 16.1. The Bertz CT molecular complexity index is 1190. The number of ether oxygens (including phenoxy) is 3. The molecule has 182 valence electrons. The van der Waals surface area contributed by atoms with Gasteiger partial charge in [-0.1, -0.05) is 12.1 Å². The van der Waals surface area contributed by atoms with E-state index in [1.165, 1.54) is 24.3 Å². The molecule has 3 heterocycles. The number of fused-ring (bicyclic) bond motifs is 3. The highest BCUT2D eigenvalue weighted by molar-refractivity contribution is 5.82. The van der Waals surface area contributed by atoms with Gasteiger partial charge in [0.1, 0.15) is 30.2 Å². The zero-order valence-corrected chi connectivity index (χ0v) is 17.6. The Balaban J connectivity index is 1.48. The molecule has 1 aromatic heterocycles. The van der Waals surface area contributed by atoms with Crippen LogP contribution in [0.5, 0.6) is 5.75 Å². The summed E-state index contributed by atoms with van der Waals surface area (Å²) in [6.07, 6.45) is -8.80. The SMILES string of the molecule is OC[C@H]1O[C@]2(OCc3cc4ccn(Cc5ccc(OC(F)(F)F)cc5)c4cc32)[C@H](O)[C@@H](O)[C@@H]1O. The third-order valence-corrected chi connectivity index (χ3v) is 6.27. The van der Waals surface area contributed by atoms with Crippen molar-refractivity contribution >= 4 is 10.9 Å². The lowest BCUT2D eigenvalue weighted by atomic mass is 9.87.